The molecule has 1 aromatic rings. The average molecular weight is 242 g/mol. The summed E-state index contributed by atoms with van der Waals surface area (Å²) in [5.74, 6) is -0.662. The molecule has 0 aliphatic carbocycles. The lowest BCUT2D eigenvalue weighted by atomic mass is 10.3. The van der Waals surface area contributed by atoms with Crippen LogP contribution in [0.2, 0.25) is 5.02 Å². The van der Waals surface area contributed by atoms with E-state index in [1.807, 2.05) is 0 Å². The van der Waals surface area contributed by atoms with Gasteiger partial charge in [0, 0.05) is 11.6 Å². The maximum absolute atomic E-state index is 13.0. The van der Waals surface area contributed by atoms with Crippen LogP contribution in [0.5, 0.6) is 0 Å². The zero-order valence-corrected chi connectivity index (χ0v) is 8.29. The molecular weight excluding hydrogens is 234 g/mol. The summed E-state index contributed by atoms with van der Waals surface area (Å²) in [6, 6.07) is 3.74. The molecule has 0 bridgehead atoms. The van der Waals surface area contributed by atoms with Gasteiger partial charge in [0.2, 0.25) is 0 Å². The van der Waals surface area contributed by atoms with Crippen molar-refractivity contribution in [1.29, 1.82) is 0 Å². The van der Waals surface area contributed by atoms with E-state index in [4.69, 9.17) is 11.6 Å². The van der Waals surface area contributed by atoms with Crippen LogP contribution in [0.3, 0.4) is 0 Å². The molecule has 0 atom stereocenters. The first kappa shape index (κ1) is 12.1. The van der Waals surface area contributed by atoms with Crippen LogP contribution in [0.1, 0.15) is 6.42 Å². The number of alkyl halides is 3. The molecule has 0 aromatic heterocycles. The number of hydrogen-bond acceptors (Lipinski definition) is 1. The van der Waals surface area contributed by atoms with Crippen molar-refractivity contribution in [3.05, 3.63) is 29.0 Å². The van der Waals surface area contributed by atoms with Crippen LogP contribution >= 0.6 is 11.6 Å². The molecule has 0 saturated carbocycles. The lowest BCUT2D eigenvalue weighted by molar-refractivity contribution is -0.131. The third kappa shape index (κ3) is 4.38. The number of halogens is 5. The Kier molecular flexibility index (Phi) is 3.79. The lowest BCUT2D eigenvalue weighted by Gasteiger charge is -2.09. The first-order chi connectivity index (χ1) is 6.88. The molecule has 15 heavy (non-hydrogen) atoms. The van der Waals surface area contributed by atoms with Gasteiger partial charge in [-0.1, -0.05) is 11.6 Å². The summed E-state index contributed by atoms with van der Waals surface area (Å²) >= 11 is 5.48. The molecule has 1 N–H and O–H groups in total. The maximum atomic E-state index is 13.0. The number of anilines is 1. The molecule has 1 nitrogen and oxygen atoms in total. The first-order valence-electron chi connectivity index (χ1n) is 4.14. The van der Waals surface area contributed by atoms with Crippen molar-refractivity contribution in [2.24, 2.45) is 0 Å². The van der Waals surface area contributed by atoms with E-state index in [2.05, 4.69) is 5.32 Å². The molecule has 84 valence electrons. The third-order valence-corrected chi connectivity index (χ3v) is 1.89. The second kappa shape index (κ2) is 4.70. The minimum atomic E-state index is -4.24. The Labute approximate surface area is 89.0 Å². The van der Waals surface area contributed by atoms with E-state index < -0.39 is 18.4 Å². The van der Waals surface area contributed by atoms with E-state index in [0.29, 0.717) is 0 Å². The highest BCUT2D eigenvalue weighted by atomic mass is 35.5. The Bertz CT molecular complexity index is 337. The summed E-state index contributed by atoms with van der Waals surface area (Å²) in [6.07, 6.45) is -5.25. The lowest BCUT2D eigenvalue weighted by Crippen LogP contribution is -2.15. The summed E-state index contributed by atoms with van der Waals surface area (Å²) in [6.45, 7) is -0.359. The molecular formula is C9H8ClF4N. The van der Waals surface area contributed by atoms with Crippen molar-refractivity contribution in [2.45, 2.75) is 12.6 Å². The van der Waals surface area contributed by atoms with Gasteiger partial charge in [0.25, 0.3) is 0 Å². The smallest absolute Gasteiger partial charge is 0.382 e. The quantitative estimate of drug-likeness (QED) is 0.793. The van der Waals surface area contributed by atoms with Crippen LogP contribution < -0.4 is 5.32 Å². The molecule has 0 fully saturated rings. The van der Waals surface area contributed by atoms with Crippen molar-refractivity contribution in [3.8, 4) is 0 Å². The standard InChI is InChI=1S/C9H8ClF4N/c10-6-1-2-8(7(11)5-6)15-4-3-9(12,13)14/h1-2,5,15H,3-4H2. The Morgan fingerprint density at radius 2 is 1.93 bits per heavy atom. The van der Waals surface area contributed by atoms with Gasteiger partial charge in [-0.05, 0) is 18.2 Å². The van der Waals surface area contributed by atoms with Gasteiger partial charge in [0.05, 0.1) is 12.1 Å². The molecule has 0 unspecified atom stereocenters. The molecule has 1 rings (SSSR count). The predicted molar refractivity (Wildman–Crippen MR) is 50.6 cm³/mol. The Morgan fingerprint density at radius 3 is 2.47 bits per heavy atom. The minimum Gasteiger partial charge on any atom is -0.382 e. The summed E-state index contributed by atoms with van der Waals surface area (Å²) in [5, 5.41) is 2.55. The van der Waals surface area contributed by atoms with Crippen LogP contribution in [0.4, 0.5) is 23.2 Å². The highest BCUT2D eigenvalue weighted by Gasteiger charge is 2.26. The predicted octanol–water partition coefficient (Wildman–Crippen LogP) is 3.84. The average Bonchev–Trinajstić information content (AvgIpc) is 2.07. The fourth-order valence-corrected chi connectivity index (χ4v) is 1.13. The summed E-state index contributed by atoms with van der Waals surface area (Å²) in [5.41, 5.74) is 0.0173. The first-order valence-corrected chi connectivity index (χ1v) is 4.52. The molecule has 0 radical (unpaired) electrons. The summed E-state index contributed by atoms with van der Waals surface area (Å²) < 4.78 is 48.3. The van der Waals surface area contributed by atoms with Crippen LogP contribution in [-0.2, 0) is 0 Å². The normalized spacial score (nSPS) is 11.5. The largest absolute Gasteiger partial charge is 0.390 e. The highest BCUT2D eigenvalue weighted by molar-refractivity contribution is 6.30. The molecule has 0 heterocycles. The van der Waals surface area contributed by atoms with Crippen molar-refractivity contribution in [2.75, 3.05) is 11.9 Å². The Balaban J connectivity index is 2.51. The summed E-state index contributed by atoms with van der Waals surface area (Å²) in [7, 11) is 0. The van der Waals surface area contributed by atoms with Gasteiger partial charge < -0.3 is 5.32 Å². The second-order valence-corrected chi connectivity index (χ2v) is 3.35. The SMILES string of the molecule is Fc1cc(Cl)ccc1NCCC(F)(F)F. The Hall–Kier alpha value is -0.970. The maximum Gasteiger partial charge on any atom is 0.390 e. The van der Waals surface area contributed by atoms with Gasteiger partial charge in [-0.3, -0.25) is 0 Å². The van der Waals surface area contributed by atoms with Gasteiger partial charge in [0.1, 0.15) is 5.82 Å². The van der Waals surface area contributed by atoms with E-state index in [0.717, 1.165) is 6.07 Å². The molecule has 0 aliphatic rings. The summed E-state index contributed by atoms with van der Waals surface area (Å²) in [4.78, 5) is 0. The van der Waals surface area contributed by atoms with Gasteiger partial charge in [-0.2, -0.15) is 13.2 Å². The molecule has 0 aliphatic heterocycles. The zero-order chi connectivity index (χ0) is 11.5. The van der Waals surface area contributed by atoms with Gasteiger partial charge in [-0.15, -0.1) is 0 Å². The topological polar surface area (TPSA) is 12.0 Å². The van der Waals surface area contributed by atoms with Crippen LogP contribution in [-0.4, -0.2) is 12.7 Å². The Morgan fingerprint density at radius 1 is 1.27 bits per heavy atom. The third-order valence-electron chi connectivity index (χ3n) is 1.66. The van der Waals surface area contributed by atoms with Crippen molar-refractivity contribution in [1.82, 2.24) is 0 Å². The van der Waals surface area contributed by atoms with Crippen LogP contribution in [0.25, 0.3) is 0 Å². The van der Waals surface area contributed by atoms with E-state index in [-0.39, 0.29) is 17.3 Å². The number of benzene rings is 1. The zero-order valence-electron chi connectivity index (χ0n) is 7.54. The van der Waals surface area contributed by atoms with E-state index in [1.165, 1.54) is 12.1 Å². The molecule has 0 saturated heterocycles. The van der Waals surface area contributed by atoms with Gasteiger partial charge in [0.15, 0.2) is 0 Å². The second-order valence-electron chi connectivity index (χ2n) is 2.92. The molecule has 0 amide bonds. The van der Waals surface area contributed by atoms with E-state index in [1.54, 1.807) is 0 Å². The van der Waals surface area contributed by atoms with Gasteiger partial charge >= 0.3 is 6.18 Å². The number of nitrogens with one attached hydrogen (secondary N) is 1. The molecule has 1 aromatic carbocycles. The molecule has 0 spiro atoms. The number of rotatable bonds is 3. The van der Waals surface area contributed by atoms with Crippen molar-refractivity contribution in [3.63, 3.8) is 0 Å². The van der Waals surface area contributed by atoms with Crippen molar-refractivity contribution < 1.29 is 17.6 Å². The number of hydrogen-bond donors (Lipinski definition) is 1. The van der Waals surface area contributed by atoms with E-state index in [9.17, 15) is 17.6 Å². The highest BCUT2D eigenvalue weighted by Crippen LogP contribution is 2.22. The van der Waals surface area contributed by atoms with Crippen LogP contribution in [0.15, 0.2) is 18.2 Å². The van der Waals surface area contributed by atoms with E-state index >= 15 is 0 Å². The van der Waals surface area contributed by atoms with Crippen LogP contribution in [0, 0.1) is 5.82 Å². The minimum absolute atomic E-state index is 0.0173. The van der Waals surface area contributed by atoms with Gasteiger partial charge in [-0.25, -0.2) is 4.39 Å². The molecule has 6 heteroatoms. The fraction of sp³-hybridized carbons (Fsp3) is 0.333. The fourth-order valence-electron chi connectivity index (χ4n) is 0.972. The van der Waals surface area contributed by atoms with Crippen molar-refractivity contribution >= 4 is 17.3 Å². The monoisotopic (exact) mass is 241 g/mol.